The molecule has 0 bridgehead atoms. The lowest BCUT2D eigenvalue weighted by Crippen LogP contribution is -2.33. The lowest BCUT2D eigenvalue weighted by atomic mass is 10.2. The number of nitrogens with zero attached hydrogens (tertiary/aromatic N) is 3. The van der Waals surface area contributed by atoms with Crippen LogP contribution in [-0.4, -0.2) is 39.1 Å². The average Bonchev–Trinajstić information content (AvgIpc) is 2.68. The fourth-order valence-electron chi connectivity index (χ4n) is 2.55. The van der Waals surface area contributed by atoms with Crippen molar-refractivity contribution in [2.75, 3.05) is 11.9 Å². The van der Waals surface area contributed by atoms with E-state index in [0.717, 1.165) is 0 Å². The first-order valence-corrected chi connectivity index (χ1v) is 8.45. The van der Waals surface area contributed by atoms with Crippen LogP contribution in [0.25, 0.3) is 0 Å². The number of nitro benzene ring substituents is 1. The highest BCUT2D eigenvalue weighted by Gasteiger charge is 2.22. The highest BCUT2D eigenvalue weighted by molar-refractivity contribution is 5.89. The zero-order valence-electron chi connectivity index (χ0n) is 15.2. The van der Waals surface area contributed by atoms with Crippen molar-refractivity contribution in [1.82, 2.24) is 9.55 Å². The molecular weight excluding hydrogens is 384 g/mol. The number of esters is 1. The van der Waals surface area contributed by atoms with E-state index < -0.39 is 28.9 Å². The van der Waals surface area contributed by atoms with E-state index in [9.17, 15) is 24.5 Å². The van der Waals surface area contributed by atoms with E-state index in [1.54, 1.807) is 12.2 Å². The van der Waals surface area contributed by atoms with Crippen molar-refractivity contribution in [3.63, 3.8) is 0 Å². The number of benzene rings is 1. The first-order chi connectivity index (χ1) is 13.8. The molecule has 2 aromatic rings. The molecule has 1 N–H and O–H groups in total. The molecule has 0 aliphatic carbocycles. The second-order valence-electron chi connectivity index (χ2n) is 6.04. The van der Waals surface area contributed by atoms with Crippen LogP contribution in [0.3, 0.4) is 0 Å². The van der Waals surface area contributed by atoms with Crippen LogP contribution in [0.5, 0.6) is 0 Å². The molecular formula is C18H16N4O7. The van der Waals surface area contributed by atoms with E-state index in [1.165, 1.54) is 48.0 Å². The first-order valence-electron chi connectivity index (χ1n) is 8.45. The number of ether oxygens (including phenoxy) is 2. The summed E-state index contributed by atoms with van der Waals surface area (Å²) >= 11 is 0. The normalized spacial score (nSPS) is 18.1. The summed E-state index contributed by atoms with van der Waals surface area (Å²) in [6, 6.07) is 6.49. The first kappa shape index (κ1) is 19.9. The summed E-state index contributed by atoms with van der Waals surface area (Å²) in [6.45, 7) is 1.30. The minimum atomic E-state index is -0.740. The molecule has 0 saturated heterocycles. The Morgan fingerprint density at radius 2 is 2.00 bits per heavy atom. The molecule has 0 unspecified atom stereocenters. The van der Waals surface area contributed by atoms with Crippen LogP contribution in [0.1, 0.15) is 23.5 Å². The van der Waals surface area contributed by atoms with Gasteiger partial charge in [-0.15, -0.1) is 0 Å². The third kappa shape index (κ3) is 4.90. The Hall–Kier alpha value is -3.86. The molecule has 0 fully saturated rings. The zero-order valence-corrected chi connectivity index (χ0v) is 15.2. The molecule has 1 aliphatic heterocycles. The predicted octanol–water partition coefficient (Wildman–Crippen LogP) is 1.42. The van der Waals surface area contributed by atoms with Crippen LogP contribution in [-0.2, 0) is 14.3 Å². The van der Waals surface area contributed by atoms with Crippen molar-refractivity contribution in [3.8, 4) is 0 Å². The monoisotopic (exact) mass is 400 g/mol. The molecule has 1 aromatic carbocycles. The maximum atomic E-state index is 12.1. The molecule has 1 aromatic heterocycles. The van der Waals surface area contributed by atoms with Gasteiger partial charge < -0.3 is 14.8 Å². The number of amides is 1. The number of non-ortho nitro benzene ring substituents is 1. The zero-order chi connectivity index (χ0) is 21.0. The van der Waals surface area contributed by atoms with E-state index in [0.29, 0.717) is 0 Å². The Bertz CT molecular complexity index is 1030. The molecule has 29 heavy (non-hydrogen) atoms. The number of hydrogen-bond donors (Lipinski definition) is 1. The van der Waals surface area contributed by atoms with Crippen LogP contribution < -0.4 is 11.0 Å². The highest BCUT2D eigenvalue weighted by atomic mass is 16.6. The van der Waals surface area contributed by atoms with Gasteiger partial charge in [0.25, 0.3) is 5.69 Å². The van der Waals surface area contributed by atoms with Gasteiger partial charge in [0.1, 0.15) is 11.9 Å². The van der Waals surface area contributed by atoms with Gasteiger partial charge >= 0.3 is 11.7 Å². The molecule has 3 rings (SSSR count). The number of nitrogens with one attached hydrogen (secondary N) is 1. The topological polar surface area (TPSA) is 143 Å². The van der Waals surface area contributed by atoms with Gasteiger partial charge in [0, 0.05) is 25.3 Å². The second-order valence-corrected chi connectivity index (χ2v) is 6.04. The van der Waals surface area contributed by atoms with Gasteiger partial charge in [0.05, 0.1) is 17.1 Å². The van der Waals surface area contributed by atoms with Crippen LogP contribution in [0.15, 0.2) is 53.5 Å². The van der Waals surface area contributed by atoms with Crippen LogP contribution in [0, 0.1) is 10.1 Å². The molecule has 2 atom stereocenters. The van der Waals surface area contributed by atoms with E-state index in [2.05, 4.69) is 10.3 Å². The summed E-state index contributed by atoms with van der Waals surface area (Å²) < 4.78 is 12.1. The van der Waals surface area contributed by atoms with E-state index in [-0.39, 0.29) is 29.6 Å². The maximum Gasteiger partial charge on any atom is 0.351 e. The molecule has 150 valence electrons. The number of carbonyl (C=O) groups excluding carboxylic acids is 2. The van der Waals surface area contributed by atoms with Crippen molar-refractivity contribution >= 4 is 23.4 Å². The Morgan fingerprint density at radius 1 is 1.28 bits per heavy atom. The molecule has 0 radical (unpaired) electrons. The summed E-state index contributed by atoms with van der Waals surface area (Å²) in [6.07, 6.45) is 3.12. The van der Waals surface area contributed by atoms with E-state index in [4.69, 9.17) is 9.47 Å². The third-order valence-corrected chi connectivity index (χ3v) is 3.90. The average molecular weight is 400 g/mol. The van der Waals surface area contributed by atoms with Crippen molar-refractivity contribution < 1.29 is 24.0 Å². The molecule has 1 aliphatic rings. The van der Waals surface area contributed by atoms with Crippen molar-refractivity contribution in [1.29, 1.82) is 0 Å². The number of anilines is 1. The fraction of sp³-hybridized carbons (Fsp3) is 0.222. The molecule has 0 spiro atoms. The number of nitro groups is 1. The van der Waals surface area contributed by atoms with E-state index in [1.807, 2.05) is 0 Å². The summed E-state index contributed by atoms with van der Waals surface area (Å²) in [5.74, 6) is -0.871. The largest absolute Gasteiger partial charge is 0.452 e. The Kier molecular flexibility index (Phi) is 5.79. The van der Waals surface area contributed by atoms with Gasteiger partial charge in [-0.05, 0) is 30.4 Å². The molecule has 1 amide bonds. The standard InChI is InChI=1S/C18H16N4O7/c1-11(23)19-15-8-9-21(18(25)20-15)16-7-6-14(10-28-16)29-17(24)12-2-4-13(5-3-12)22(26)27/h2-9,14,16H,10H2,1H3,(H,19,20,23,25)/t14-,16-/m0/s1. The lowest BCUT2D eigenvalue weighted by Gasteiger charge is -2.24. The Labute approximate surface area is 163 Å². The van der Waals surface area contributed by atoms with Crippen LogP contribution >= 0.6 is 0 Å². The third-order valence-electron chi connectivity index (χ3n) is 3.90. The summed E-state index contributed by atoms with van der Waals surface area (Å²) in [5, 5.41) is 13.1. The smallest absolute Gasteiger partial charge is 0.351 e. The maximum absolute atomic E-state index is 12.1. The Balaban J connectivity index is 1.63. The fourth-order valence-corrected chi connectivity index (χ4v) is 2.55. The molecule has 11 nitrogen and oxygen atoms in total. The van der Waals surface area contributed by atoms with Gasteiger partial charge in [-0.1, -0.05) is 0 Å². The predicted molar refractivity (Wildman–Crippen MR) is 99.2 cm³/mol. The van der Waals surface area contributed by atoms with Gasteiger partial charge in [-0.25, -0.2) is 9.59 Å². The number of rotatable bonds is 5. The number of hydrogen-bond acceptors (Lipinski definition) is 8. The number of carbonyl (C=O) groups is 2. The summed E-state index contributed by atoms with van der Waals surface area (Å²) in [4.78, 5) is 49.1. The molecule has 2 heterocycles. The summed E-state index contributed by atoms with van der Waals surface area (Å²) in [7, 11) is 0. The quantitative estimate of drug-likeness (QED) is 0.344. The van der Waals surface area contributed by atoms with Crippen molar-refractivity contribution in [2.24, 2.45) is 0 Å². The van der Waals surface area contributed by atoms with Gasteiger partial charge in [0.2, 0.25) is 5.91 Å². The highest BCUT2D eigenvalue weighted by Crippen LogP contribution is 2.18. The van der Waals surface area contributed by atoms with E-state index >= 15 is 0 Å². The SMILES string of the molecule is CC(=O)Nc1ccn([C@@H]2C=C[C@H](OC(=O)c3ccc([N+](=O)[O-])cc3)CO2)c(=O)n1. The van der Waals surface area contributed by atoms with Crippen LogP contribution in [0.2, 0.25) is 0 Å². The van der Waals surface area contributed by atoms with Gasteiger partial charge in [-0.2, -0.15) is 4.98 Å². The number of aromatic nitrogens is 2. The lowest BCUT2D eigenvalue weighted by molar-refractivity contribution is -0.384. The molecule has 11 heteroatoms. The van der Waals surface area contributed by atoms with Crippen LogP contribution in [0.4, 0.5) is 11.5 Å². The van der Waals surface area contributed by atoms with Gasteiger partial charge in [0.15, 0.2) is 6.23 Å². The summed E-state index contributed by atoms with van der Waals surface area (Å²) in [5.41, 5.74) is -0.582. The second kappa shape index (κ2) is 8.44. The Morgan fingerprint density at radius 3 is 2.55 bits per heavy atom. The van der Waals surface area contributed by atoms with Crippen molar-refractivity contribution in [3.05, 3.63) is 74.8 Å². The minimum Gasteiger partial charge on any atom is -0.452 e. The van der Waals surface area contributed by atoms with Gasteiger partial charge in [-0.3, -0.25) is 19.5 Å². The minimum absolute atomic E-state index is 0.000223. The molecule has 0 saturated carbocycles. The van der Waals surface area contributed by atoms with Crippen molar-refractivity contribution in [2.45, 2.75) is 19.3 Å².